The first kappa shape index (κ1) is 13.8. The predicted octanol–water partition coefficient (Wildman–Crippen LogP) is 3.27. The topological polar surface area (TPSA) is 64.4 Å². The summed E-state index contributed by atoms with van der Waals surface area (Å²) >= 11 is 0. The lowest BCUT2D eigenvalue weighted by Gasteiger charge is -2.36. The zero-order valence-corrected chi connectivity index (χ0v) is 11.6. The van der Waals surface area contributed by atoms with Gasteiger partial charge in [0, 0.05) is 30.5 Å². The van der Waals surface area contributed by atoms with Gasteiger partial charge in [-0.3, -0.25) is 10.1 Å². The summed E-state index contributed by atoms with van der Waals surface area (Å²) in [6, 6.07) is 5.22. The van der Waals surface area contributed by atoms with Crippen LogP contribution in [-0.2, 0) is 4.74 Å². The summed E-state index contributed by atoms with van der Waals surface area (Å²) < 4.78 is 5.68. The van der Waals surface area contributed by atoms with E-state index in [1.54, 1.807) is 12.1 Å². The fourth-order valence-corrected chi connectivity index (χ4v) is 2.45. The fourth-order valence-electron chi connectivity index (χ4n) is 2.45. The van der Waals surface area contributed by atoms with Crippen LogP contribution in [-0.4, -0.2) is 23.2 Å². The molecule has 1 heterocycles. The zero-order chi connectivity index (χ0) is 14.0. The molecule has 0 aliphatic carbocycles. The standard InChI is InChI=1S/C14H20N2O3/c1-10-4-5-12(16(17)18)8-13(10)15-11-6-7-19-14(2,3)9-11/h4-5,8,11,15H,6-7,9H2,1-3H3. The minimum absolute atomic E-state index is 0.124. The first-order valence-electron chi connectivity index (χ1n) is 6.53. The van der Waals surface area contributed by atoms with Crippen LogP contribution in [0.25, 0.3) is 0 Å². The molecular formula is C14H20N2O3. The first-order valence-corrected chi connectivity index (χ1v) is 6.53. The molecule has 1 fully saturated rings. The predicted molar refractivity (Wildman–Crippen MR) is 74.5 cm³/mol. The Labute approximate surface area is 113 Å². The van der Waals surface area contributed by atoms with Crippen molar-refractivity contribution in [3.05, 3.63) is 33.9 Å². The molecule has 1 aromatic rings. The van der Waals surface area contributed by atoms with Crippen LogP contribution in [0.1, 0.15) is 32.3 Å². The van der Waals surface area contributed by atoms with Crippen molar-refractivity contribution in [3.63, 3.8) is 0 Å². The third-order valence-corrected chi connectivity index (χ3v) is 3.49. The van der Waals surface area contributed by atoms with Crippen LogP contribution >= 0.6 is 0 Å². The summed E-state index contributed by atoms with van der Waals surface area (Å²) in [6.07, 6.45) is 1.82. The molecule has 104 valence electrons. The second-order valence-electron chi connectivity index (χ2n) is 5.70. The number of ether oxygens (including phenoxy) is 1. The van der Waals surface area contributed by atoms with E-state index in [0.29, 0.717) is 6.04 Å². The van der Waals surface area contributed by atoms with Crippen LogP contribution in [0.2, 0.25) is 0 Å². The molecule has 1 aliphatic heterocycles. The van der Waals surface area contributed by atoms with E-state index in [4.69, 9.17) is 4.74 Å². The van der Waals surface area contributed by atoms with E-state index in [-0.39, 0.29) is 16.2 Å². The van der Waals surface area contributed by atoms with Gasteiger partial charge in [-0.25, -0.2) is 0 Å². The summed E-state index contributed by atoms with van der Waals surface area (Å²) in [4.78, 5) is 10.5. The lowest BCUT2D eigenvalue weighted by molar-refractivity contribution is -0.384. The van der Waals surface area contributed by atoms with Crippen molar-refractivity contribution in [2.24, 2.45) is 0 Å². The molecule has 0 bridgehead atoms. The van der Waals surface area contributed by atoms with Gasteiger partial charge in [-0.2, -0.15) is 0 Å². The number of nitro benzene ring substituents is 1. The third kappa shape index (κ3) is 3.44. The van der Waals surface area contributed by atoms with Crippen molar-refractivity contribution in [1.29, 1.82) is 0 Å². The Bertz CT molecular complexity index is 486. The normalized spacial score (nSPS) is 21.9. The lowest BCUT2D eigenvalue weighted by atomic mass is 9.93. The number of hydrogen-bond donors (Lipinski definition) is 1. The molecule has 0 amide bonds. The highest BCUT2D eigenvalue weighted by Crippen LogP contribution is 2.29. The number of non-ortho nitro benzene ring substituents is 1. The second kappa shape index (κ2) is 5.17. The van der Waals surface area contributed by atoms with E-state index in [0.717, 1.165) is 30.7 Å². The number of nitrogens with zero attached hydrogens (tertiary/aromatic N) is 1. The van der Waals surface area contributed by atoms with Crippen LogP contribution in [0.3, 0.4) is 0 Å². The maximum absolute atomic E-state index is 10.8. The summed E-state index contributed by atoms with van der Waals surface area (Å²) in [6.45, 7) is 6.82. The summed E-state index contributed by atoms with van der Waals surface area (Å²) in [7, 11) is 0. The molecule has 1 aliphatic rings. The molecule has 5 nitrogen and oxygen atoms in total. The van der Waals surface area contributed by atoms with E-state index in [9.17, 15) is 10.1 Å². The average Bonchev–Trinajstić information content (AvgIpc) is 2.30. The van der Waals surface area contributed by atoms with Crippen molar-refractivity contribution in [2.45, 2.75) is 45.3 Å². The highest BCUT2D eigenvalue weighted by molar-refractivity contribution is 5.57. The van der Waals surface area contributed by atoms with Crippen molar-refractivity contribution < 1.29 is 9.66 Å². The smallest absolute Gasteiger partial charge is 0.271 e. The van der Waals surface area contributed by atoms with Gasteiger partial charge in [0.15, 0.2) is 0 Å². The molecular weight excluding hydrogens is 244 g/mol. The lowest BCUT2D eigenvalue weighted by Crippen LogP contribution is -2.40. The van der Waals surface area contributed by atoms with Crippen molar-refractivity contribution >= 4 is 11.4 Å². The van der Waals surface area contributed by atoms with E-state index >= 15 is 0 Å². The van der Waals surface area contributed by atoms with Gasteiger partial charge in [0.1, 0.15) is 0 Å². The van der Waals surface area contributed by atoms with Gasteiger partial charge in [-0.05, 0) is 39.2 Å². The number of nitro groups is 1. The van der Waals surface area contributed by atoms with Gasteiger partial charge in [0.2, 0.25) is 0 Å². The molecule has 1 unspecified atom stereocenters. The molecule has 1 aromatic carbocycles. The minimum atomic E-state index is -0.363. The Kier molecular flexibility index (Phi) is 3.75. The first-order chi connectivity index (χ1) is 8.87. The molecule has 19 heavy (non-hydrogen) atoms. The molecule has 0 saturated carbocycles. The fraction of sp³-hybridized carbons (Fsp3) is 0.571. The molecule has 1 saturated heterocycles. The van der Waals surface area contributed by atoms with Crippen molar-refractivity contribution in [2.75, 3.05) is 11.9 Å². The minimum Gasteiger partial charge on any atom is -0.382 e. The van der Waals surface area contributed by atoms with Crippen LogP contribution in [0, 0.1) is 17.0 Å². The quantitative estimate of drug-likeness (QED) is 0.672. The zero-order valence-electron chi connectivity index (χ0n) is 11.6. The Morgan fingerprint density at radius 2 is 2.21 bits per heavy atom. The maximum atomic E-state index is 10.8. The number of anilines is 1. The SMILES string of the molecule is Cc1ccc([N+](=O)[O-])cc1NC1CCOC(C)(C)C1. The Morgan fingerprint density at radius 3 is 2.84 bits per heavy atom. The van der Waals surface area contributed by atoms with Gasteiger partial charge in [-0.15, -0.1) is 0 Å². The van der Waals surface area contributed by atoms with E-state index in [1.807, 2.05) is 6.92 Å². The molecule has 1 N–H and O–H groups in total. The monoisotopic (exact) mass is 264 g/mol. The van der Waals surface area contributed by atoms with Crippen LogP contribution in [0.4, 0.5) is 11.4 Å². The number of hydrogen-bond acceptors (Lipinski definition) is 4. The Morgan fingerprint density at radius 1 is 1.47 bits per heavy atom. The summed E-state index contributed by atoms with van der Waals surface area (Å²) in [5, 5.41) is 14.2. The Balaban J connectivity index is 2.14. The van der Waals surface area contributed by atoms with Crippen LogP contribution in [0.5, 0.6) is 0 Å². The van der Waals surface area contributed by atoms with E-state index < -0.39 is 0 Å². The number of nitrogens with one attached hydrogen (secondary N) is 1. The molecule has 1 atom stereocenters. The van der Waals surface area contributed by atoms with Crippen LogP contribution in [0.15, 0.2) is 18.2 Å². The van der Waals surface area contributed by atoms with Crippen LogP contribution < -0.4 is 5.32 Å². The van der Waals surface area contributed by atoms with E-state index in [1.165, 1.54) is 6.07 Å². The van der Waals surface area contributed by atoms with Gasteiger partial charge in [0.05, 0.1) is 10.5 Å². The largest absolute Gasteiger partial charge is 0.382 e. The molecule has 0 radical (unpaired) electrons. The number of aryl methyl sites for hydroxylation is 1. The molecule has 2 rings (SSSR count). The molecule has 5 heteroatoms. The van der Waals surface area contributed by atoms with Gasteiger partial charge < -0.3 is 10.1 Å². The summed E-state index contributed by atoms with van der Waals surface area (Å²) in [5.74, 6) is 0. The number of rotatable bonds is 3. The average molecular weight is 264 g/mol. The van der Waals surface area contributed by atoms with Gasteiger partial charge in [-0.1, -0.05) is 6.07 Å². The van der Waals surface area contributed by atoms with E-state index in [2.05, 4.69) is 19.2 Å². The maximum Gasteiger partial charge on any atom is 0.271 e. The highest BCUT2D eigenvalue weighted by Gasteiger charge is 2.29. The molecule has 0 spiro atoms. The highest BCUT2D eigenvalue weighted by atomic mass is 16.6. The van der Waals surface area contributed by atoms with Crippen molar-refractivity contribution in [3.8, 4) is 0 Å². The third-order valence-electron chi connectivity index (χ3n) is 3.49. The summed E-state index contributed by atoms with van der Waals surface area (Å²) in [5.41, 5.74) is 1.86. The molecule has 0 aromatic heterocycles. The van der Waals surface area contributed by atoms with Crippen molar-refractivity contribution in [1.82, 2.24) is 0 Å². The number of benzene rings is 1. The Hall–Kier alpha value is -1.62. The van der Waals surface area contributed by atoms with Gasteiger partial charge in [0.25, 0.3) is 5.69 Å². The van der Waals surface area contributed by atoms with Gasteiger partial charge >= 0.3 is 0 Å². The second-order valence-corrected chi connectivity index (χ2v) is 5.70.